The molecule has 0 aliphatic carbocycles. The fourth-order valence-corrected chi connectivity index (χ4v) is 3.42. The average molecular weight is 410 g/mol. The molecule has 1 fully saturated rings. The summed E-state index contributed by atoms with van der Waals surface area (Å²) >= 11 is 0. The van der Waals surface area contributed by atoms with Crippen LogP contribution in [0.5, 0.6) is 5.75 Å². The van der Waals surface area contributed by atoms with E-state index in [2.05, 4.69) is 0 Å². The number of hydrogen-bond acceptors (Lipinski definition) is 10. The zero-order valence-electron chi connectivity index (χ0n) is 16.6. The lowest BCUT2D eigenvalue weighted by Crippen LogP contribution is -2.56. The third-order valence-electron chi connectivity index (χ3n) is 4.79. The molecule has 1 aliphatic heterocycles. The molecule has 10 nitrogen and oxygen atoms in total. The van der Waals surface area contributed by atoms with Crippen molar-refractivity contribution in [1.29, 1.82) is 0 Å². The van der Waals surface area contributed by atoms with E-state index in [0.717, 1.165) is 28.4 Å². The summed E-state index contributed by atoms with van der Waals surface area (Å²) in [6.07, 6.45) is -1.21. The summed E-state index contributed by atoms with van der Waals surface area (Å²) in [6, 6.07) is 6.32. The lowest BCUT2D eigenvalue weighted by Gasteiger charge is -2.27. The summed E-state index contributed by atoms with van der Waals surface area (Å²) < 4.78 is 29.9. The molecule has 29 heavy (non-hydrogen) atoms. The van der Waals surface area contributed by atoms with Crippen LogP contribution in [0.25, 0.3) is 0 Å². The highest BCUT2D eigenvalue weighted by Gasteiger charge is 2.71. The van der Waals surface area contributed by atoms with Crippen LogP contribution >= 0.6 is 0 Å². The van der Waals surface area contributed by atoms with E-state index in [1.54, 1.807) is 24.3 Å². The summed E-state index contributed by atoms with van der Waals surface area (Å²) in [5.41, 5.74) is -2.16. The Morgan fingerprint density at radius 2 is 1.31 bits per heavy atom. The molecule has 0 aromatic heterocycles. The van der Waals surface area contributed by atoms with Crippen LogP contribution in [0.3, 0.4) is 0 Å². The molecule has 1 saturated heterocycles. The van der Waals surface area contributed by atoms with Crippen LogP contribution in [-0.2, 0) is 42.9 Å². The van der Waals surface area contributed by atoms with Crippen molar-refractivity contribution >= 4 is 23.9 Å². The first-order valence-electron chi connectivity index (χ1n) is 8.46. The number of benzene rings is 1. The second kappa shape index (κ2) is 8.91. The standard InChI is InChI=1S/C19H22O10/c1-24-11-8-6-10(7-9-11)14-12(15(20)25-2)13(16(21)26-3)19(29-14,17(22)27-4)18(23)28-5/h6-9,12-14H,1-5H3/t12-,13+,14-/m0/s1. The highest BCUT2D eigenvalue weighted by molar-refractivity contribution is 6.09. The largest absolute Gasteiger partial charge is 0.497 e. The number of hydrogen-bond donors (Lipinski definition) is 0. The molecule has 0 saturated carbocycles. The molecule has 1 heterocycles. The Morgan fingerprint density at radius 3 is 1.72 bits per heavy atom. The maximum atomic E-state index is 12.7. The number of ether oxygens (including phenoxy) is 6. The number of methoxy groups -OCH3 is 5. The summed E-state index contributed by atoms with van der Waals surface area (Å²) in [5.74, 6) is -6.89. The van der Waals surface area contributed by atoms with Gasteiger partial charge in [0.25, 0.3) is 5.60 Å². The molecule has 1 aromatic rings. The van der Waals surface area contributed by atoms with Crippen molar-refractivity contribution in [2.24, 2.45) is 11.8 Å². The van der Waals surface area contributed by atoms with Crippen LogP contribution in [0.2, 0.25) is 0 Å². The molecular weight excluding hydrogens is 388 g/mol. The van der Waals surface area contributed by atoms with Crippen LogP contribution in [0.4, 0.5) is 0 Å². The second-order valence-electron chi connectivity index (χ2n) is 6.08. The minimum atomic E-state index is -2.56. The summed E-state index contributed by atoms with van der Waals surface area (Å²) in [5, 5.41) is 0. The third-order valence-corrected chi connectivity index (χ3v) is 4.79. The monoisotopic (exact) mass is 410 g/mol. The van der Waals surface area contributed by atoms with E-state index < -0.39 is 47.4 Å². The maximum Gasteiger partial charge on any atom is 0.351 e. The van der Waals surface area contributed by atoms with Gasteiger partial charge in [-0.15, -0.1) is 0 Å². The third kappa shape index (κ3) is 3.63. The zero-order valence-corrected chi connectivity index (χ0v) is 16.6. The number of carbonyl (C=O) groups excluding carboxylic acids is 4. The molecule has 0 radical (unpaired) electrons. The molecule has 0 amide bonds. The van der Waals surface area contributed by atoms with Crippen LogP contribution in [0, 0.1) is 11.8 Å². The minimum Gasteiger partial charge on any atom is -0.497 e. The Labute approximate surface area is 166 Å². The topological polar surface area (TPSA) is 124 Å². The molecule has 0 N–H and O–H groups in total. The summed E-state index contributed by atoms with van der Waals surface area (Å²) in [4.78, 5) is 50.6. The fourth-order valence-electron chi connectivity index (χ4n) is 3.42. The molecule has 3 atom stereocenters. The molecule has 1 aliphatic rings. The normalized spacial score (nSPS) is 22.3. The average Bonchev–Trinajstić information content (AvgIpc) is 3.14. The Hall–Kier alpha value is -3.14. The van der Waals surface area contributed by atoms with E-state index in [9.17, 15) is 19.2 Å². The Kier molecular flexibility index (Phi) is 6.80. The van der Waals surface area contributed by atoms with E-state index in [0.29, 0.717) is 11.3 Å². The molecule has 2 rings (SSSR count). The van der Waals surface area contributed by atoms with Crippen molar-refractivity contribution in [3.05, 3.63) is 29.8 Å². The lowest BCUT2D eigenvalue weighted by molar-refractivity contribution is -0.194. The molecule has 0 spiro atoms. The van der Waals surface area contributed by atoms with Gasteiger partial charge in [0.1, 0.15) is 17.6 Å². The Balaban J connectivity index is 2.73. The Morgan fingerprint density at radius 1 is 0.793 bits per heavy atom. The first-order chi connectivity index (χ1) is 13.8. The zero-order chi connectivity index (χ0) is 21.8. The van der Waals surface area contributed by atoms with Gasteiger partial charge in [-0.25, -0.2) is 9.59 Å². The van der Waals surface area contributed by atoms with Crippen molar-refractivity contribution in [3.63, 3.8) is 0 Å². The smallest absolute Gasteiger partial charge is 0.351 e. The van der Waals surface area contributed by atoms with E-state index >= 15 is 0 Å². The van der Waals surface area contributed by atoms with E-state index in [-0.39, 0.29) is 0 Å². The molecule has 1 aromatic carbocycles. The summed E-state index contributed by atoms with van der Waals surface area (Å²) in [6.45, 7) is 0. The van der Waals surface area contributed by atoms with Gasteiger partial charge in [0.15, 0.2) is 0 Å². The Bertz CT molecular complexity index is 769. The van der Waals surface area contributed by atoms with Crippen molar-refractivity contribution in [3.8, 4) is 5.75 Å². The number of esters is 4. The van der Waals surface area contributed by atoms with E-state index in [4.69, 9.17) is 28.4 Å². The van der Waals surface area contributed by atoms with Crippen LogP contribution in [-0.4, -0.2) is 65.0 Å². The van der Waals surface area contributed by atoms with Gasteiger partial charge >= 0.3 is 23.9 Å². The van der Waals surface area contributed by atoms with Gasteiger partial charge in [0.2, 0.25) is 0 Å². The molecule has 0 unspecified atom stereocenters. The quantitative estimate of drug-likeness (QED) is 0.370. The van der Waals surface area contributed by atoms with Gasteiger partial charge in [-0.1, -0.05) is 12.1 Å². The number of carbonyl (C=O) groups is 4. The minimum absolute atomic E-state index is 0.393. The molecular formula is C19H22O10. The van der Waals surface area contributed by atoms with Gasteiger partial charge < -0.3 is 28.4 Å². The van der Waals surface area contributed by atoms with Gasteiger partial charge in [0.05, 0.1) is 41.7 Å². The van der Waals surface area contributed by atoms with E-state index in [1.807, 2.05) is 0 Å². The van der Waals surface area contributed by atoms with Crippen molar-refractivity contribution in [2.75, 3.05) is 35.5 Å². The van der Waals surface area contributed by atoms with Crippen LogP contribution in [0.15, 0.2) is 24.3 Å². The first-order valence-corrected chi connectivity index (χ1v) is 8.46. The molecule has 0 bridgehead atoms. The predicted molar refractivity (Wildman–Crippen MR) is 94.6 cm³/mol. The van der Waals surface area contributed by atoms with Crippen LogP contribution in [0.1, 0.15) is 11.7 Å². The molecule has 10 heteroatoms. The van der Waals surface area contributed by atoms with E-state index in [1.165, 1.54) is 7.11 Å². The lowest BCUT2D eigenvalue weighted by atomic mass is 9.77. The molecule has 158 valence electrons. The number of rotatable bonds is 6. The fraction of sp³-hybridized carbons (Fsp3) is 0.474. The second-order valence-corrected chi connectivity index (χ2v) is 6.08. The van der Waals surface area contributed by atoms with Crippen molar-refractivity contribution < 1.29 is 47.6 Å². The first kappa shape index (κ1) is 22.2. The van der Waals surface area contributed by atoms with Crippen LogP contribution < -0.4 is 4.74 Å². The maximum absolute atomic E-state index is 12.7. The SMILES string of the molecule is COC(=O)[C@@H]1[C@H](c2ccc(OC)cc2)OC(C(=O)OC)(C(=O)OC)[C@H]1C(=O)OC. The van der Waals surface area contributed by atoms with Gasteiger partial charge in [0, 0.05) is 0 Å². The van der Waals surface area contributed by atoms with Gasteiger partial charge in [-0.2, -0.15) is 0 Å². The van der Waals surface area contributed by atoms with Crippen molar-refractivity contribution in [1.82, 2.24) is 0 Å². The summed E-state index contributed by atoms with van der Waals surface area (Å²) in [7, 11) is 5.66. The van der Waals surface area contributed by atoms with Crippen molar-refractivity contribution in [2.45, 2.75) is 11.7 Å². The highest BCUT2D eigenvalue weighted by Crippen LogP contribution is 2.50. The predicted octanol–water partition coefficient (Wildman–Crippen LogP) is 0.430. The van der Waals surface area contributed by atoms with Gasteiger partial charge in [-0.3, -0.25) is 9.59 Å². The van der Waals surface area contributed by atoms with Gasteiger partial charge in [-0.05, 0) is 17.7 Å². The highest BCUT2D eigenvalue weighted by atomic mass is 16.6.